The number of nitrogens with zero attached hydrogens (tertiary/aromatic N) is 2. The molecule has 6 heteroatoms. The minimum Gasteiger partial charge on any atom is -0.312 e. The van der Waals surface area contributed by atoms with Crippen LogP contribution in [-0.4, -0.2) is 36.7 Å². The van der Waals surface area contributed by atoms with Crippen LogP contribution in [0.4, 0.5) is 5.69 Å². The summed E-state index contributed by atoms with van der Waals surface area (Å²) in [7, 11) is 0. The molecule has 1 atom stereocenters. The zero-order valence-corrected chi connectivity index (χ0v) is 17.7. The van der Waals surface area contributed by atoms with Gasteiger partial charge in [-0.2, -0.15) is 0 Å². The van der Waals surface area contributed by atoms with Crippen LogP contribution in [0.25, 0.3) is 0 Å². The summed E-state index contributed by atoms with van der Waals surface area (Å²) < 4.78 is 0. The molecule has 1 aliphatic rings. The smallest absolute Gasteiger partial charge is 0.265 e. The van der Waals surface area contributed by atoms with Crippen molar-refractivity contribution < 1.29 is 9.59 Å². The summed E-state index contributed by atoms with van der Waals surface area (Å²) in [5, 5.41) is 3.89. The average Bonchev–Trinajstić information content (AvgIpc) is 2.66. The molecule has 3 rings (SSSR count). The topological polar surface area (TPSA) is 61.8 Å². The van der Waals surface area contributed by atoms with Crippen LogP contribution in [0.5, 0.6) is 0 Å². The maximum atomic E-state index is 13.2. The molecule has 0 radical (unpaired) electrons. The molecular formula is C23H26ClN3O2. The Balaban J connectivity index is 1.82. The molecule has 29 heavy (non-hydrogen) atoms. The minimum atomic E-state index is -0.599. The highest BCUT2D eigenvalue weighted by molar-refractivity contribution is 6.32. The van der Waals surface area contributed by atoms with E-state index in [0.29, 0.717) is 28.4 Å². The molecule has 2 aromatic carbocycles. The second kappa shape index (κ2) is 8.89. The largest absolute Gasteiger partial charge is 0.312 e. The van der Waals surface area contributed by atoms with E-state index in [1.807, 2.05) is 12.1 Å². The van der Waals surface area contributed by atoms with Gasteiger partial charge in [0, 0.05) is 28.9 Å². The summed E-state index contributed by atoms with van der Waals surface area (Å²) in [6.07, 6.45) is 2.54. The van der Waals surface area contributed by atoms with Crippen molar-refractivity contribution in [2.24, 2.45) is 4.99 Å². The van der Waals surface area contributed by atoms with Crippen LogP contribution < -0.4 is 10.2 Å². The summed E-state index contributed by atoms with van der Waals surface area (Å²) in [6, 6.07) is 14.0. The summed E-state index contributed by atoms with van der Waals surface area (Å²) in [6.45, 7) is 7.82. The van der Waals surface area contributed by atoms with Crippen LogP contribution in [0.3, 0.4) is 0 Å². The minimum absolute atomic E-state index is 0.0693. The van der Waals surface area contributed by atoms with Crippen LogP contribution in [0.15, 0.2) is 53.5 Å². The highest BCUT2D eigenvalue weighted by Crippen LogP contribution is 2.32. The fraction of sp³-hybridized carbons (Fsp3) is 0.348. The molecule has 2 aromatic rings. The van der Waals surface area contributed by atoms with Gasteiger partial charge in [0.1, 0.15) is 0 Å². The number of halogens is 1. The number of carbonyl (C=O) groups excluding carboxylic acids is 2. The monoisotopic (exact) mass is 411 g/mol. The van der Waals surface area contributed by atoms with E-state index in [1.54, 1.807) is 42.6 Å². The lowest BCUT2D eigenvalue weighted by molar-refractivity contribution is -0.118. The summed E-state index contributed by atoms with van der Waals surface area (Å²) in [4.78, 5) is 31.9. The maximum Gasteiger partial charge on any atom is 0.265 e. The number of rotatable bonds is 6. The van der Waals surface area contributed by atoms with E-state index < -0.39 is 5.92 Å². The Morgan fingerprint density at radius 3 is 2.62 bits per heavy atom. The van der Waals surface area contributed by atoms with Crippen molar-refractivity contribution in [2.75, 3.05) is 18.0 Å². The van der Waals surface area contributed by atoms with Gasteiger partial charge in [0.25, 0.3) is 5.91 Å². The van der Waals surface area contributed by atoms with Gasteiger partial charge in [0.2, 0.25) is 5.91 Å². The van der Waals surface area contributed by atoms with Crippen LogP contribution in [0.2, 0.25) is 5.02 Å². The molecule has 0 saturated carbocycles. The van der Waals surface area contributed by atoms with Crippen LogP contribution in [0, 0.1) is 0 Å². The fourth-order valence-electron chi connectivity index (χ4n) is 3.27. The predicted octanol–water partition coefficient (Wildman–Crippen LogP) is 4.46. The van der Waals surface area contributed by atoms with Crippen molar-refractivity contribution in [3.63, 3.8) is 0 Å². The Kier molecular flexibility index (Phi) is 6.50. The van der Waals surface area contributed by atoms with Gasteiger partial charge in [0.05, 0.1) is 11.6 Å². The molecule has 5 nitrogen and oxygen atoms in total. The quantitative estimate of drug-likeness (QED) is 0.433. The van der Waals surface area contributed by atoms with E-state index in [2.05, 4.69) is 31.1 Å². The first-order valence-electron chi connectivity index (χ1n) is 9.76. The Labute approximate surface area is 176 Å². The van der Waals surface area contributed by atoms with Crippen molar-refractivity contribution in [2.45, 2.75) is 38.6 Å². The highest BCUT2D eigenvalue weighted by atomic mass is 35.5. The lowest BCUT2D eigenvalue weighted by Gasteiger charge is -2.31. The number of fused-ring (bicyclic) bond motifs is 1. The van der Waals surface area contributed by atoms with Gasteiger partial charge in [-0.15, -0.1) is 0 Å². The molecule has 0 spiro atoms. The third-order valence-corrected chi connectivity index (χ3v) is 4.89. The van der Waals surface area contributed by atoms with Crippen molar-refractivity contribution in [1.29, 1.82) is 0 Å². The maximum absolute atomic E-state index is 13.2. The third kappa shape index (κ3) is 5.11. The summed E-state index contributed by atoms with van der Waals surface area (Å²) in [5.74, 6) is -1.25. The molecule has 0 aliphatic carbocycles. The molecule has 0 aromatic heterocycles. The zero-order chi connectivity index (χ0) is 21.0. The second-order valence-electron chi connectivity index (χ2n) is 8.11. The van der Waals surface area contributed by atoms with Crippen LogP contribution in [0.1, 0.15) is 49.0 Å². The molecule has 0 fully saturated rings. The van der Waals surface area contributed by atoms with Crippen molar-refractivity contribution in [3.05, 3.63) is 64.7 Å². The van der Waals surface area contributed by atoms with Crippen molar-refractivity contribution in [1.82, 2.24) is 5.32 Å². The molecule has 0 saturated heterocycles. The lowest BCUT2D eigenvalue weighted by Crippen LogP contribution is -2.45. The van der Waals surface area contributed by atoms with Gasteiger partial charge in [-0.3, -0.25) is 14.6 Å². The first kappa shape index (κ1) is 21.2. The van der Waals surface area contributed by atoms with Crippen molar-refractivity contribution >= 4 is 35.3 Å². The van der Waals surface area contributed by atoms with Gasteiger partial charge in [-0.05, 0) is 63.6 Å². The van der Waals surface area contributed by atoms with Crippen LogP contribution >= 0.6 is 11.6 Å². The van der Waals surface area contributed by atoms with E-state index >= 15 is 0 Å². The number of hydrogen-bond donors (Lipinski definition) is 1. The molecule has 1 N–H and O–H groups in total. The van der Waals surface area contributed by atoms with E-state index in [-0.39, 0.29) is 17.4 Å². The Bertz CT molecular complexity index is 934. The number of imide groups is 1. The van der Waals surface area contributed by atoms with E-state index in [4.69, 9.17) is 11.6 Å². The number of anilines is 1. The highest BCUT2D eigenvalue weighted by Gasteiger charge is 2.38. The Morgan fingerprint density at radius 1 is 1.14 bits per heavy atom. The SMILES string of the molecule is CC(C)(C)NCCCN=CC1C(=O)N(c2cccc(Cl)c2)C(=O)c2ccccc21. The molecule has 1 heterocycles. The van der Waals surface area contributed by atoms with Gasteiger partial charge in [-0.25, -0.2) is 4.90 Å². The number of carbonyl (C=O) groups is 2. The molecular weight excluding hydrogens is 386 g/mol. The van der Waals surface area contributed by atoms with E-state index in [9.17, 15) is 9.59 Å². The van der Waals surface area contributed by atoms with Gasteiger partial charge < -0.3 is 5.32 Å². The normalized spacial score (nSPS) is 17.1. The molecule has 1 unspecified atom stereocenters. The number of benzene rings is 2. The summed E-state index contributed by atoms with van der Waals surface area (Å²) >= 11 is 6.08. The molecule has 2 amide bonds. The predicted molar refractivity (Wildman–Crippen MR) is 118 cm³/mol. The Hall–Kier alpha value is -2.50. The second-order valence-corrected chi connectivity index (χ2v) is 8.55. The Morgan fingerprint density at radius 2 is 1.90 bits per heavy atom. The number of hydrogen-bond acceptors (Lipinski definition) is 4. The third-order valence-electron chi connectivity index (χ3n) is 4.66. The van der Waals surface area contributed by atoms with Crippen LogP contribution in [-0.2, 0) is 4.79 Å². The number of nitrogens with one attached hydrogen (secondary N) is 1. The number of amides is 2. The zero-order valence-electron chi connectivity index (χ0n) is 17.0. The standard InChI is InChI=1S/C23H26ClN3O2/c1-23(2,3)26-13-7-12-25-15-20-18-10-4-5-11-19(18)21(28)27(22(20)29)17-9-6-8-16(24)14-17/h4-6,8-11,14-15,20,26H,7,12-13H2,1-3H3. The number of aliphatic imine (C=N–C) groups is 1. The van der Waals surface area contributed by atoms with E-state index in [1.165, 1.54) is 4.90 Å². The lowest BCUT2D eigenvalue weighted by atomic mass is 9.89. The molecule has 0 bridgehead atoms. The van der Waals surface area contributed by atoms with Gasteiger partial charge in [-0.1, -0.05) is 35.9 Å². The average molecular weight is 412 g/mol. The first-order chi connectivity index (χ1) is 13.8. The van der Waals surface area contributed by atoms with Gasteiger partial charge >= 0.3 is 0 Å². The van der Waals surface area contributed by atoms with Crippen molar-refractivity contribution in [3.8, 4) is 0 Å². The first-order valence-corrected chi connectivity index (χ1v) is 10.1. The van der Waals surface area contributed by atoms with Gasteiger partial charge in [0.15, 0.2) is 0 Å². The molecule has 1 aliphatic heterocycles. The van der Waals surface area contributed by atoms with E-state index in [0.717, 1.165) is 13.0 Å². The fourth-order valence-corrected chi connectivity index (χ4v) is 3.46. The molecule has 152 valence electrons. The summed E-state index contributed by atoms with van der Waals surface area (Å²) in [5.41, 5.74) is 1.74.